The van der Waals surface area contributed by atoms with Gasteiger partial charge in [-0.05, 0) is 30.9 Å². The van der Waals surface area contributed by atoms with Crippen molar-refractivity contribution in [1.82, 2.24) is 4.98 Å². The molecule has 0 spiro atoms. The molecule has 2 atom stereocenters. The highest BCUT2D eigenvalue weighted by molar-refractivity contribution is 6.20. The van der Waals surface area contributed by atoms with Gasteiger partial charge in [-0.25, -0.2) is 0 Å². The van der Waals surface area contributed by atoms with E-state index in [1.807, 2.05) is 12.4 Å². The topological polar surface area (TPSA) is 16.1 Å². The minimum Gasteiger partial charge on any atom is -0.371 e. The number of halogens is 1. The number of alkyl halides is 1. The maximum Gasteiger partial charge on any atom is 0.0426 e. The van der Waals surface area contributed by atoms with Crippen LogP contribution in [0, 0.1) is 12.8 Å². The fourth-order valence-electron chi connectivity index (χ4n) is 2.16. The third-order valence-electron chi connectivity index (χ3n) is 3.13. The van der Waals surface area contributed by atoms with Crippen LogP contribution >= 0.6 is 11.6 Å². The monoisotopic (exact) mass is 224 g/mol. The first-order chi connectivity index (χ1) is 7.18. The molecule has 0 aliphatic carbocycles. The summed E-state index contributed by atoms with van der Waals surface area (Å²) in [5.74, 6) is 0.563. The van der Waals surface area contributed by atoms with Gasteiger partial charge >= 0.3 is 0 Å². The molecular formula is C12H17ClN2. The molecule has 2 rings (SSSR count). The molecule has 82 valence electrons. The van der Waals surface area contributed by atoms with E-state index in [1.165, 1.54) is 11.3 Å². The van der Waals surface area contributed by atoms with Crippen molar-refractivity contribution in [1.29, 1.82) is 0 Å². The van der Waals surface area contributed by atoms with Crippen molar-refractivity contribution in [2.75, 3.05) is 18.0 Å². The van der Waals surface area contributed by atoms with Gasteiger partial charge in [0.2, 0.25) is 0 Å². The van der Waals surface area contributed by atoms with Crippen molar-refractivity contribution in [3.63, 3.8) is 0 Å². The fraction of sp³-hybridized carbons (Fsp3) is 0.583. The normalized spacial score (nSPS) is 26.7. The molecule has 0 saturated carbocycles. The van der Waals surface area contributed by atoms with E-state index in [4.69, 9.17) is 11.6 Å². The first-order valence-electron chi connectivity index (χ1n) is 5.48. The van der Waals surface area contributed by atoms with Crippen molar-refractivity contribution in [3.05, 3.63) is 24.0 Å². The van der Waals surface area contributed by atoms with Crippen molar-refractivity contribution < 1.29 is 0 Å². The lowest BCUT2D eigenvalue weighted by Crippen LogP contribution is -2.40. The van der Waals surface area contributed by atoms with E-state index in [0.29, 0.717) is 11.3 Å². The van der Waals surface area contributed by atoms with Crippen LogP contribution in [0.1, 0.15) is 18.9 Å². The molecule has 1 aliphatic rings. The fourth-order valence-corrected chi connectivity index (χ4v) is 2.33. The summed E-state index contributed by atoms with van der Waals surface area (Å²) in [4.78, 5) is 6.54. The third-order valence-corrected chi connectivity index (χ3v) is 3.78. The summed E-state index contributed by atoms with van der Waals surface area (Å²) in [6, 6.07) is 2.09. The number of pyridine rings is 1. The van der Waals surface area contributed by atoms with Crippen molar-refractivity contribution in [3.8, 4) is 0 Å². The van der Waals surface area contributed by atoms with Gasteiger partial charge in [0.15, 0.2) is 0 Å². The smallest absolute Gasteiger partial charge is 0.0426 e. The maximum atomic E-state index is 6.22. The minimum absolute atomic E-state index is 0.336. The van der Waals surface area contributed by atoms with Crippen LogP contribution in [0.25, 0.3) is 0 Å². The first-order valence-corrected chi connectivity index (χ1v) is 5.91. The lowest BCUT2D eigenvalue weighted by atomic mass is 9.98. The predicted octanol–water partition coefficient (Wildman–Crippen LogP) is 2.84. The Balaban J connectivity index is 2.15. The Morgan fingerprint density at radius 2 is 2.33 bits per heavy atom. The summed E-state index contributed by atoms with van der Waals surface area (Å²) in [5, 5.41) is 0.336. The lowest BCUT2D eigenvalue weighted by Gasteiger charge is -2.36. The summed E-state index contributed by atoms with van der Waals surface area (Å²) >= 11 is 6.22. The lowest BCUT2D eigenvalue weighted by molar-refractivity contribution is 0.454. The number of piperidine rings is 1. The molecule has 0 bridgehead atoms. The van der Waals surface area contributed by atoms with Crippen molar-refractivity contribution in [2.45, 2.75) is 25.6 Å². The number of nitrogens with zero attached hydrogens (tertiary/aromatic N) is 2. The van der Waals surface area contributed by atoms with E-state index in [1.54, 1.807) is 0 Å². The van der Waals surface area contributed by atoms with Gasteiger partial charge in [-0.15, -0.1) is 11.6 Å². The molecule has 1 aromatic rings. The zero-order valence-corrected chi connectivity index (χ0v) is 10.0. The molecule has 3 heteroatoms. The van der Waals surface area contributed by atoms with E-state index in [0.717, 1.165) is 19.5 Å². The largest absolute Gasteiger partial charge is 0.371 e. The molecule has 0 amide bonds. The van der Waals surface area contributed by atoms with Crippen LogP contribution in [0.2, 0.25) is 0 Å². The Morgan fingerprint density at radius 3 is 3.00 bits per heavy atom. The number of rotatable bonds is 1. The van der Waals surface area contributed by atoms with Crippen LogP contribution < -0.4 is 4.90 Å². The Kier molecular flexibility index (Phi) is 3.15. The van der Waals surface area contributed by atoms with E-state index >= 15 is 0 Å². The second-order valence-corrected chi connectivity index (χ2v) is 4.95. The Hall–Kier alpha value is -0.760. The third kappa shape index (κ3) is 2.25. The average Bonchev–Trinajstić information content (AvgIpc) is 2.23. The van der Waals surface area contributed by atoms with Gasteiger partial charge in [-0.1, -0.05) is 6.92 Å². The molecule has 1 saturated heterocycles. The Morgan fingerprint density at radius 1 is 1.53 bits per heavy atom. The number of hydrogen-bond donors (Lipinski definition) is 0. The second-order valence-electron chi connectivity index (χ2n) is 4.39. The van der Waals surface area contributed by atoms with Crippen LogP contribution in [0.3, 0.4) is 0 Å². The molecule has 0 radical (unpaired) electrons. The van der Waals surface area contributed by atoms with Crippen molar-refractivity contribution in [2.24, 2.45) is 5.92 Å². The zero-order valence-electron chi connectivity index (χ0n) is 9.28. The molecule has 2 heterocycles. The molecule has 2 unspecified atom stereocenters. The first kappa shape index (κ1) is 10.7. The van der Waals surface area contributed by atoms with E-state index in [-0.39, 0.29) is 0 Å². The van der Waals surface area contributed by atoms with E-state index < -0.39 is 0 Å². The molecule has 15 heavy (non-hydrogen) atoms. The minimum atomic E-state index is 0.336. The molecule has 1 aliphatic heterocycles. The molecule has 2 nitrogen and oxygen atoms in total. The Bertz CT molecular complexity index is 340. The van der Waals surface area contributed by atoms with Gasteiger partial charge in [0, 0.05) is 36.5 Å². The molecule has 1 aromatic heterocycles. The second kappa shape index (κ2) is 4.40. The molecule has 0 aromatic carbocycles. The van der Waals surface area contributed by atoms with Crippen LogP contribution in [0.15, 0.2) is 18.5 Å². The van der Waals surface area contributed by atoms with Gasteiger partial charge in [-0.3, -0.25) is 4.98 Å². The summed E-state index contributed by atoms with van der Waals surface area (Å²) in [6.45, 7) is 6.45. The number of anilines is 1. The van der Waals surface area contributed by atoms with Gasteiger partial charge in [0.1, 0.15) is 0 Å². The maximum absolute atomic E-state index is 6.22. The number of hydrogen-bond acceptors (Lipinski definition) is 2. The summed E-state index contributed by atoms with van der Waals surface area (Å²) in [5.41, 5.74) is 2.55. The summed E-state index contributed by atoms with van der Waals surface area (Å²) in [7, 11) is 0. The van der Waals surface area contributed by atoms with Gasteiger partial charge in [0.25, 0.3) is 0 Å². The quantitative estimate of drug-likeness (QED) is 0.682. The molecule has 1 fully saturated rings. The number of aromatic nitrogens is 1. The van der Waals surface area contributed by atoms with Crippen LogP contribution in [0.5, 0.6) is 0 Å². The number of aryl methyl sites for hydroxylation is 1. The highest BCUT2D eigenvalue weighted by atomic mass is 35.5. The van der Waals surface area contributed by atoms with E-state index in [2.05, 4.69) is 29.8 Å². The molecule has 0 N–H and O–H groups in total. The predicted molar refractivity (Wildman–Crippen MR) is 64.6 cm³/mol. The van der Waals surface area contributed by atoms with Gasteiger partial charge < -0.3 is 4.90 Å². The van der Waals surface area contributed by atoms with Crippen LogP contribution in [-0.4, -0.2) is 23.5 Å². The molecular weight excluding hydrogens is 208 g/mol. The summed E-state index contributed by atoms with van der Waals surface area (Å²) in [6.07, 6.45) is 4.86. The Labute approximate surface area is 96.3 Å². The van der Waals surface area contributed by atoms with Gasteiger partial charge in [0.05, 0.1) is 0 Å². The SMILES string of the molecule is Cc1cnccc1N1CCC(Cl)C(C)C1. The zero-order chi connectivity index (χ0) is 10.8. The van der Waals surface area contributed by atoms with E-state index in [9.17, 15) is 0 Å². The van der Waals surface area contributed by atoms with Gasteiger partial charge in [-0.2, -0.15) is 0 Å². The van der Waals surface area contributed by atoms with Crippen LogP contribution in [-0.2, 0) is 0 Å². The van der Waals surface area contributed by atoms with Crippen molar-refractivity contribution >= 4 is 17.3 Å². The summed E-state index contributed by atoms with van der Waals surface area (Å²) < 4.78 is 0. The highest BCUT2D eigenvalue weighted by Crippen LogP contribution is 2.27. The standard InChI is InChI=1S/C12H17ClN2/c1-9-7-14-5-3-12(9)15-6-4-11(13)10(2)8-15/h3,5,7,10-11H,4,6,8H2,1-2H3. The van der Waals surface area contributed by atoms with Crippen LogP contribution in [0.4, 0.5) is 5.69 Å². The highest BCUT2D eigenvalue weighted by Gasteiger charge is 2.24. The average molecular weight is 225 g/mol.